The van der Waals surface area contributed by atoms with Crippen LogP contribution in [-0.4, -0.2) is 36.7 Å². The fraction of sp³-hybridized carbons (Fsp3) is 0.846. The Kier molecular flexibility index (Phi) is 5.17. The fourth-order valence-corrected chi connectivity index (χ4v) is 2.62. The summed E-state index contributed by atoms with van der Waals surface area (Å²) in [6.07, 6.45) is 1.24. The van der Waals surface area contributed by atoms with E-state index in [0.717, 1.165) is 0 Å². The molecular formula is C13H25N3O3. The van der Waals surface area contributed by atoms with Crippen LogP contribution in [0.2, 0.25) is 0 Å². The van der Waals surface area contributed by atoms with Gasteiger partial charge in [0.25, 0.3) is 0 Å². The number of amidine groups is 1. The van der Waals surface area contributed by atoms with Gasteiger partial charge in [-0.15, -0.1) is 0 Å². The van der Waals surface area contributed by atoms with Gasteiger partial charge in [-0.25, -0.2) is 0 Å². The normalized spacial score (nSPS) is 28.9. The average molecular weight is 271 g/mol. The predicted octanol–water partition coefficient (Wildman–Crippen LogP) is 0.936. The van der Waals surface area contributed by atoms with Crippen molar-refractivity contribution in [2.24, 2.45) is 28.1 Å². The molecule has 1 atom stereocenters. The summed E-state index contributed by atoms with van der Waals surface area (Å²) < 4.78 is 5.11. The van der Waals surface area contributed by atoms with Crippen LogP contribution in [0.4, 0.5) is 0 Å². The number of amides is 1. The first-order valence-corrected chi connectivity index (χ1v) is 6.65. The molecule has 4 N–H and O–H groups in total. The van der Waals surface area contributed by atoms with E-state index in [1.165, 1.54) is 0 Å². The molecule has 0 heterocycles. The van der Waals surface area contributed by atoms with Crippen LogP contribution in [-0.2, 0) is 9.53 Å². The molecule has 0 spiro atoms. The number of ether oxygens (including phenoxy) is 1. The Morgan fingerprint density at radius 2 is 2.16 bits per heavy atom. The Labute approximate surface area is 114 Å². The summed E-state index contributed by atoms with van der Waals surface area (Å²) in [6, 6.07) is -0.0724. The number of methoxy groups -OCH3 is 1. The van der Waals surface area contributed by atoms with Gasteiger partial charge in [-0.1, -0.05) is 25.9 Å². The van der Waals surface area contributed by atoms with Crippen molar-refractivity contribution >= 4 is 11.7 Å². The lowest BCUT2D eigenvalue weighted by molar-refractivity contribution is -0.134. The molecule has 1 unspecified atom stereocenters. The van der Waals surface area contributed by atoms with Crippen molar-refractivity contribution < 1.29 is 14.7 Å². The molecule has 0 aromatic heterocycles. The Balaban J connectivity index is 2.79. The standard InChI is InChI=1S/C13H25N3O3/c1-8(2)10(7-19-4)15-12(17)13(11(14)16-18)5-9(3)6-13/h8-10,18H,5-7H2,1-4H3,(H2,14,16)(H,15,17). The molecule has 1 fully saturated rings. The maximum absolute atomic E-state index is 12.4. The van der Waals surface area contributed by atoms with Crippen molar-refractivity contribution in [3.05, 3.63) is 0 Å². The van der Waals surface area contributed by atoms with E-state index in [2.05, 4.69) is 10.5 Å². The average Bonchev–Trinajstić information content (AvgIpc) is 2.32. The van der Waals surface area contributed by atoms with E-state index in [1.54, 1.807) is 7.11 Å². The first-order valence-electron chi connectivity index (χ1n) is 6.65. The Hall–Kier alpha value is -1.30. The summed E-state index contributed by atoms with van der Waals surface area (Å²) in [7, 11) is 1.60. The molecule has 0 aliphatic heterocycles. The van der Waals surface area contributed by atoms with E-state index in [0.29, 0.717) is 25.4 Å². The van der Waals surface area contributed by atoms with Gasteiger partial charge in [0.1, 0.15) is 5.41 Å². The highest BCUT2D eigenvalue weighted by Gasteiger charge is 2.52. The molecule has 0 aromatic carbocycles. The van der Waals surface area contributed by atoms with Crippen LogP contribution in [0.1, 0.15) is 33.6 Å². The summed E-state index contributed by atoms with van der Waals surface area (Å²) >= 11 is 0. The molecule has 0 saturated heterocycles. The van der Waals surface area contributed by atoms with E-state index >= 15 is 0 Å². The lowest BCUT2D eigenvalue weighted by Crippen LogP contribution is -2.59. The zero-order chi connectivity index (χ0) is 14.6. The fourth-order valence-electron chi connectivity index (χ4n) is 2.62. The number of hydrogen-bond donors (Lipinski definition) is 3. The van der Waals surface area contributed by atoms with Crippen molar-refractivity contribution in [2.75, 3.05) is 13.7 Å². The summed E-state index contributed by atoms with van der Waals surface area (Å²) in [4.78, 5) is 12.4. The van der Waals surface area contributed by atoms with Crippen LogP contribution in [0, 0.1) is 17.3 Å². The van der Waals surface area contributed by atoms with Crippen molar-refractivity contribution in [2.45, 2.75) is 39.7 Å². The number of hydrogen-bond acceptors (Lipinski definition) is 4. The molecule has 1 rings (SSSR count). The van der Waals surface area contributed by atoms with Gasteiger partial charge in [0, 0.05) is 7.11 Å². The molecule has 1 aliphatic carbocycles. The van der Waals surface area contributed by atoms with E-state index in [1.807, 2.05) is 20.8 Å². The molecule has 110 valence electrons. The summed E-state index contributed by atoms with van der Waals surface area (Å²) in [5, 5.41) is 14.9. The highest BCUT2D eigenvalue weighted by atomic mass is 16.5. The summed E-state index contributed by atoms with van der Waals surface area (Å²) in [5.74, 6) is 0.497. The van der Waals surface area contributed by atoms with Crippen molar-refractivity contribution in [3.8, 4) is 0 Å². The topological polar surface area (TPSA) is 96.9 Å². The number of carbonyl (C=O) groups excluding carboxylic acids is 1. The first kappa shape index (κ1) is 15.8. The Morgan fingerprint density at radius 3 is 2.53 bits per heavy atom. The minimum absolute atomic E-state index is 0.00280. The zero-order valence-corrected chi connectivity index (χ0v) is 12.1. The van der Waals surface area contributed by atoms with Crippen LogP contribution in [0.15, 0.2) is 5.16 Å². The largest absolute Gasteiger partial charge is 0.409 e. The second-order valence-electron chi connectivity index (χ2n) is 5.86. The maximum atomic E-state index is 12.4. The van der Waals surface area contributed by atoms with Gasteiger partial charge < -0.3 is 21.0 Å². The van der Waals surface area contributed by atoms with E-state index in [9.17, 15) is 4.79 Å². The van der Waals surface area contributed by atoms with Gasteiger partial charge in [0.05, 0.1) is 12.6 Å². The Morgan fingerprint density at radius 1 is 1.58 bits per heavy atom. The Bertz CT molecular complexity index is 349. The molecule has 6 heteroatoms. The van der Waals surface area contributed by atoms with Crippen LogP contribution in [0.5, 0.6) is 0 Å². The maximum Gasteiger partial charge on any atom is 0.234 e. The molecule has 1 aliphatic rings. The zero-order valence-electron chi connectivity index (χ0n) is 12.1. The molecular weight excluding hydrogens is 246 g/mol. The van der Waals surface area contributed by atoms with Gasteiger partial charge in [0.2, 0.25) is 5.91 Å². The van der Waals surface area contributed by atoms with Gasteiger partial charge in [0.15, 0.2) is 5.84 Å². The highest BCUT2D eigenvalue weighted by Crippen LogP contribution is 2.46. The van der Waals surface area contributed by atoms with Crippen molar-refractivity contribution in [1.29, 1.82) is 0 Å². The van der Waals surface area contributed by atoms with Gasteiger partial charge in [-0.3, -0.25) is 4.79 Å². The van der Waals surface area contributed by atoms with E-state index in [4.69, 9.17) is 15.7 Å². The van der Waals surface area contributed by atoms with Crippen LogP contribution in [0.25, 0.3) is 0 Å². The first-order chi connectivity index (χ1) is 8.87. The number of oxime groups is 1. The molecule has 1 saturated carbocycles. The van der Waals surface area contributed by atoms with Crippen LogP contribution >= 0.6 is 0 Å². The summed E-state index contributed by atoms with van der Waals surface area (Å²) in [5.41, 5.74) is 4.86. The molecule has 0 aromatic rings. The van der Waals surface area contributed by atoms with Crippen molar-refractivity contribution in [3.63, 3.8) is 0 Å². The van der Waals surface area contributed by atoms with Gasteiger partial charge >= 0.3 is 0 Å². The van der Waals surface area contributed by atoms with Gasteiger partial charge in [-0.2, -0.15) is 0 Å². The third-order valence-corrected chi connectivity index (χ3v) is 3.89. The number of nitrogens with two attached hydrogens (primary N) is 1. The molecule has 19 heavy (non-hydrogen) atoms. The molecule has 6 nitrogen and oxygen atoms in total. The monoisotopic (exact) mass is 271 g/mol. The third kappa shape index (κ3) is 3.18. The minimum Gasteiger partial charge on any atom is -0.409 e. The van der Waals surface area contributed by atoms with Crippen LogP contribution in [0.3, 0.4) is 0 Å². The van der Waals surface area contributed by atoms with Crippen molar-refractivity contribution in [1.82, 2.24) is 5.32 Å². The number of nitrogens with zero attached hydrogens (tertiary/aromatic N) is 1. The second-order valence-corrected chi connectivity index (χ2v) is 5.86. The molecule has 0 radical (unpaired) electrons. The summed E-state index contributed by atoms with van der Waals surface area (Å²) in [6.45, 7) is 6.53. The van der Waals surface area contributed by atoms with E-state index < -0.39 is 5.41 Å². The highest BCUT2D eigenvalue weighted by molar-refractivity contribution is 6.07. The van der Waals surface area contributed by atoms with Gasteiger partial charge in [-0.05, 0) is 24.7 Å². The lowest BCUT2D eigenvalue weighted by atomic mass is 9.61. The molecule has 0 bridgehead atoms. The quantitative estimate of drug-likeness (QED) is 0.290. The lowest BCUT2D eigenvalue weighted by Gasteiger charge is -2.44. The predicted molar refractivity (Wildman–Crippen MR) is 72.9 cm³/mol. The SMILES string of the molecule is COCC(NC(=O)C1(C(N)=NO)CC(C)C1)C(C)C. The van der Waals surface area contributed by atoms with Crippen LogP contribution < -0.4 is 11.1 Å². The second kappa shape index (κ2) is 6.23. The number of nitrogens with one attached hydrogen (secondary N) is 1. The smallest absolute Gasteiger partial charge is 0.234 e. The third-order valence-electron chi connectivity index (χ3n) is 3.89. The number of carbonyl (C=O) groups is 1. The molecule has 1 amide bonds. The van der Waals surface area contributed by atoms with E-state index in [-0.39, 0.29) is 23.7 Å². The number of rotatable bonds is 6. The minimum atomic E-state index is -0.852.